The minimum absolute atomic E-state index is 0.00323. The molecule has 4 heteroatoms. The zero-order valence-electron chi connectivity index (χ0n) is 11.9. The first-order valence-corrected chi connectivity index (χ1v) is 6.99. The van der Waals surface area contributed by atoms with Crippen LogP contribution in [0.3, 0.4) is 0 Å². The highest BCUT2D eigenvalue weighted by Gasteiger charge is 2.28. The summed E-state index contributed by atoms with van der Waals surface area (Å²) in [5.41, 5.74) is 1.99. The maximum atomic E-state index is 5.47. The van der Waals surface area contributed by atoms with Gasteiger partial charge in [-0.1, -0.05) is 0 Å². The number of imidazole rings is 1. The summed E-state index contributed by atoms with van der Waals surface area (Å²) in [6.45, 7) is 8.32. The van der Waals surface area contributed by atoms with Crippen molar-refractivity contribution in [1.82, 2.24) is 14.5 Å². The van der Waals surface area contributed by atoms with Crippen molar-refractivity contribution in [2.24, 2.45) is 0 Å². The fourth-order valence-corrected chi connectivity index (χ4v) is 2.82. The summed E-state index contributed by atoms with van der Waals surface area (Å²) in [4.78, 5) is 9.38. The summed E-state index contributed by atoms with van der Waals surface area (Å²) in [6.07, 6.45) is 3.96. The molecule has 0 radical (unpaired) electrons. The van der Waals surface area contributed by atoms with Crippen molar-refractivity contribution < 1.29 is 4.74 Å². The maximum Gasteiger partial charge on any atom is 0.160 e. The van der Waals surface area contributed by atoms with E-state index in [-0.39, 0.29) is 5.54 Å². The van der Waals surface area contributed by atoms with Crippen molar-refractivity contribution in [2.45, 2.75) is 45.1 Å². The first-order valence-electron chi connectivity index (χ1n) is 6.99. The quantitative estimate of drug-likeness (QED) is 0.790. The molecular formula is C15H21N3O. The van der Waals surface area contributed by atoms with Crippen LogP contribution in [0.25, 0.3) is 11.2 Å². The molecule has 0 saturated carbocycles. The predicted molar refractivity (Wildman–Crippen MR) is 75.3 cm³/mol. The van der Waals surface area contributed by atoms with Crippen LogP contribution in [0.2, 0.25) is 0 Å². The lowest BCUT2D eigenvalue weighted by Crippen LogP contribution is -2.27. The molecule has 19 heavy (non-hydrogen) atoms. The second-order valence-corrected chi connectivity index (χ2v) is 6.21. The summed E-state index contributed by atoms with van der Waals surface area (Å²) < 4.78 is 7.77. The van der Waals surface area contributed by atoms with Crippen molar-refractivity contribution >= 4 is 11.2 Å². The van der Waals surface area contributed by atoms with Crippen molar-refractivity contribution in [1.29, 1.82) is 0 Å². The van der Waals surface area contributed by atoms with Crippen molar-refractivity contribution in [2.75, 3.05) is 13.2 Å². The van der Waals surface area contributed by atoms with Gasteiger partial charge < -0.3 is 9.30 Å². The van der Waals surface area contributed by atoms with Gasteiger partial charge in [-0.05, 0) is 45.7 Å². The van der Waals surface area contributed by atoms with E-state index >= 15 is 0 Å². The number of hydrogen-bond acceptors (Lipinski definition) is 3. The Bertz CT molecular complexity index is 577. The zero-order chi connectivity index (χ0) is 13.5. The second kappa shape index (κ2) is 4.60. The van der Waals surface area contributed by atoms with Crippen LogP contribution in [-0.2, 0) is 10.3 Å². The van der Waals surface area contributed by atoms with Crippen molar-refractivity contribution in [3.63, 3.8) is 0 Å². The molecule has 4 nitrogen and oxygen atoms in total. The minimum Gasteiger partial charge on any atom is -0.381 e. The third kappa shape index (κ3) is 2.25. The average molecular weight is 259 g/mol. The second-order valence-electron chi connectivity index (χ2n) is 6.21. The fraction of sp³-hybridized carbons (Fsp3) is 0.600. The van der Waals surface area contributed by atoms with E-state index in [1.165, 1.54) is 5.82 Å². The van der Waals surface area contributed by atoms with E-state index in [0.29, 0.717) is 5.92 Å². The summed E-state index contributed by atoms with van der Waals surface area (Å²) >= 11 is 0. The van der Waals surface area contributed by atoms with Crippen LogP contribution in [0.5, 0.6) is 0 Å². The molecule has 0 unspecified atom stereocenters. The van der Waals surface area contributed by atoms with Gasteiger partial charge in [-0.2, -0.15) is 0 Å². The van der Waals surface area contributed by atoms with Crippen LogP contribution in [0.1, 0.15) is 45.4 Å². The molecule has 0 atom stereocenters. The number of aromatic nitrogens is 3. The first-order chi connectivity index (χ1) is 9.07. The summed E-state index contributed by atoms with van der Waals surface area (Å²) in [5.74, 6) is 1.66. The Kier molecular flexibility index (Phi) is 3.05. The fourth-order valence-electron chi connectivity index (χ4n) is 2.82. The molecule has 0 aliphatic carbocycles. The Morgan fingerprint density at radius 3 is 2.68 bits per heavy atom. The average Bonchev–Trinajstić information content (AvgIpc) is 2.79. The third-order valence-electron chi connectivity index (χ3n) is 3.70. The van der Waals surface area contributed by atoms with Gasteiger partial charge in [0, 0.05) is 30.9 Å². The number of pyridine rings is 1. The minimum atomic E-state index is -0.00323. The Morgan fingerprint density at radius 1 is 1.26 bits per heavy atom. The van der Waals surface area contributed by atoms with Crippen LogP contribution in [0.15, 0.2) is 18.3 Å². The predicted octanol–water partition coefficient (Wildman–Crippen LogP) is 3.08. The van der Waals surface area contributed by atoms with E-state index in [9.17, 15) is 0 Å². The molecule has 2 aromatic rings. The molecule has 0 amide bonds. The van der Waals surface area contributed by atoms with Crippen molar-refractivity contribution in [3.05, 3.63) is 24.2 Å². The van der Waals surface area contributed by atoms with E-state index < -0.39 is 0 Å². The summed E-state index contributed by atoms with van der Waals surface area (Å²) in [5, 5.41) is 0. The number of hydrogen-bond donors (Lipinski definition) is 0. The monoisotopic (exact) mass is 259 g/mol. The number of rotatable bonds is 1. The zero-order valence-corrected chi connectivity index (χ0v) is 11.9. The molecule has 1 saturated heterocycles. The van der Waals surface area contributed by atoms with E-state index in [4.69, 9.17) is 9.72 Å². The van der Waals surface area contributed by atoms with Gasteiger partial charge in [0.15, 0.2) is 5.65 Å². The van der Waals surface area contributed by atoms with E-state index in [1.54, 1.807) is 0 Å². The topological polar surface area (TPSA) is 39.9 Å². The number of ether oxygens (including phenoxy) is 1. The molecule has 0 aromatic carbocycles. The maximum absolute atomic E-state index is 5.47. The molecule has 0 bridgehead atoms. The molecule has 2 aromatic heterocycles. The molecule has 102 valence electrons. The lowest BCUT2D eigenvalue weighted by atomic mass is 9.98. The molecule has 3 rings (SSSR count). The van der Waals surface area contributed by atoms with E-state index in [2.05, 4.69) is 30.3 Å². The summed E-state index contributed by atoms with van der Waals surface area (Å²) in [6, 6.07) is 4.00. The van der Waals surface area contributed by atoms with Gasteiger partial charge in [-0.15, -0.1) is 0 Å². The molecule has 0 N–H and O–H groups in total. The molecular weight excluding hydrogens is 238 g/mol. The molecule has 1 fully saturated rings. The lowest BCUT2D eigenvalue weighted by molar-refractivity contribution is 0.0820. The van der Waals surface area contributed by atoms with Gasteiger partial charge in [0.25, 0.3) is 0 Å². The van der Waals surface area contributed by atoms with Gasteiger partial charge in [-0.25, -0.2) is 9.97 Å². The first kappa shape index (κ1) is 12.6. The molecule has 1 aliphatic rings. The number of fused-ring (bicyclic) bond motifs is 1. The SMILES string of the molecule is CC(C)(C)n1c(C2CCOCC2)nc2cccnc21. The van der Waals surface area contributed by atoms with Crippen LogP contribution < -0.4 is 0 Å². The highest BCUT2D eigenvalue weighted by Crippen LogP contribution is 2.32. The standard InChI is InChI=1S/C15H21N3O/c1-15(2,3)18-13(11-6-9-19-10-7-11)17-12-5-4-8-16-14(12)18/h4-5,8,11H,6-7,9-10H2,1-3H3. The van der Waals surface area contributed by atoms with Gasteiger partial charge in [-0.3, -0.25) is 0 Å². The van der Waals surface area contributed by atoms with Crippen LogP contribution >= 0.6 is 0 Å². The number of nitrogens with zero attached hydrogens (tertiary/aromatic N) is 3. The molecule has 0 spiro atoms. The smallest absolute Gasteiger partial charge is 0.160 e. The summed E-state index contributed by atoms with van der Waals surface area (Å²) in [7, 11) is 0. The highest BCUT2D eigenvalue weighted by atomic mass is 16.5. The molecule has 1 aliphatic heterocycles. The third-order valence-corrected chi connectivity index (χ3v) is 3.70. The Balaban J connectivity index is 2.17. The lowest BCUT2D eigenvalue weighted by Gasteiger charge is -2.29. The van der Waals surface area contributed by atoms with Gasteiger partial charge >= 0.3 is 0 Å². The Morgan fingerprint density at radius 2 is 2.00 bits per heavy atom. The normalized spacial score (nSPS) is 18.1. The van der Waals surface area contributed by atoms with Gasteiger partial charge in [0.2, 0.25) is 0 Å². The van der Waals surface area contributed by atoms with Crippen LogP contribution in [0.4, 0.5) is 0 Å². The largest absolute Gasteiger partial charge is 0.381 e. The highest BCUT2D eigenvalue weighted by molar-refractivity contribution is 5.71. The van der Waals surface area contributed by atoms with Gasteiger partial charge in [0.1, 0.15) is 11.3 Å². The van der Waals surface area contributed by atoms with Crippen molar-refractivity contribution in [3.8, 4) is 0 Å². The van der Waals surface area contributed by atoms with Crippen LogP contribution in [-0.4, -0.2) is 27.7 Å². The molecule has 3 heterocycles. The van der Waals surface area contributed by atoms with Crippen LogP contribution in [0, 0.1) is 0 Å². The van der Waals surface area contributed by atoms with E-state index in [1.807, 2.05) is 18.3 Å². The Labute approximate surface area is 113 Å². The Hall–Kier alpha value is -1.42. The van der Waals surface area contributed by atoms with E-state index in [0.717, 1.165) is 37.2 Å². The van der Waals surface area contributed by atoms with Gasteiger partial charge in [0.05, 0.1) is 0 Å².